The maximum Gasteiger partial charge on any atom is 0.0369 e. The Morgan fingerprint density at radius 2 is 1.94 bits per heavy atom. The summed E-state index contributed by atoms with van der Waals surface area (Å²) in [4.78, 5) is 2.52. The third kappa shape index (κ3) is 3.05. The summed E-state index contributed by atoms with van der Waals surface area (Å²) in [6, 6.07) is 6.82. The predicted molar refractivity (Wildman–Crippen MR) is 79.4 cm³/mol. The van der Waals surface area contributed by atoms with Crippen LogP contribution < -0.4 is 10.2 Å². The third-order valence-electron chi connectivity index (χ3n) is 3.90. The van der Waals surface area contributed by atoms with Gasteiger partial charge in [-0.3, -0.25) is 0 Å². The van der Waals surface area contributed by atoms with Gasteiger partial charge >= 0.3 is 0 Å². The van der Waals surface area contributed by atoms with Crippen LogP contribution in [0.25, 0.3) is 0 Å². The molecule has 0 spiro atoms. The first-order chi connectivity index (χ1) is 8.37. The normalized spacial score (nSPS) is 23.8. The monoisotopic (exact) mass is 246 g/mol. The zero-order valence-corrected chi connectivity index (χ0v) is 12.4. The first-order valence-electron chi connectivity index (χ1n) is 6.95. The van der Waals surface area contributed by atoms with E-state index in [9.17, 15) is 0 Å². The lowest BCUT2D eigenvalue weighted by atomic mass is 10.0. The summed E-state index contributed by atoms with van der Waals surface area (Å²) >= 11 is 0. The van der Waals surface area contributed by atoms with Gasteiger partial charge in [-0.15, -0.1) is 0 Å². The number of hydrogen-bond donors (Lipinski definition) is 1. The molecule has 0 amide bonds. The van der Waals surface area contributed by atoms with Crippen LogP contribution in [-0.4, -0.2) is 25.2 Å². The molecule has 1 aliphatic rings. The molecule has 1 atom stereocenters. The van der Waals surface area contributed by atoms with Gasteiger partial charge in [0.1, 0.15) is 0 Å². The molecule has 1 aromatic rings. The molecule has 1 saturated heterocycles. The highest BCUT2D eigenvalue weighted by atomic mass is 15.2. The fourth-order valence-electron chi connectivity index (χ4n) is 2.61. The topological polar surface area (TPSA) is 15.3 Å². The molecule has 1 aliphatic heterocycles. The van der Waals surface area contributed by atoms with Gasteiger partial charge in [0.15, 0.2) is 0 Å². The summed E-state index contributed by atoms with van der Waals surface area (Å²) in [5.74, 6) is 0.688. The number of aryl methyl sites for hydroxylation is 2. The van der Waals surface area contributed by atoms with E-state index in [0.29, 0.717) is 5.92 Å². The Bertz CT molecular complexity index is 423. The molecule has 0 aromatic heterocycles. The van der Waals surface area contributed by atoms with Gasteiger partial charge in [0.2, 0.25) is 0 Å². The first-order valence-corrected chi connectivity index (χ1v) is 6.95. The van der Waals surface area contributed by atoms with Crippen molar-refractivity contribution in [1.29, 1.82) is 0 Å². The van der Waals surface area contributed by atoms with Crippen LogP contribution in [0, 0.1) is 19.8 Å². The van der Waals surface area contributed by atoms with E-state index in [2.05, 4.69) is 63.0 Å². The predicted octanol–water partition coefficient (Wildman–Crippen LogP) is 3.13. The summed E-state index contributed by atoms with van der Waals surface area (Å²) in [5.41, 5.74) is 4.31. The second kappa shape index (κ2) is 4.93. The molecule has 0 bridgehead atoms. The summed E-state index contributed by atoms with van der Waals surface area (Å²) in [5, 5.41) is 3.65. The fourth-order valence-corrected chi connectivity index (χ4v) is 2.61. The molecule has 0 saturated carbocycles. The second-order valence-electron chi connectivity index (χ2n) is 6.52. The Morgan fingerprint density at radius 3 is 2.61 bits per heavy atom. The van der Waals surface area contributed by atoms with E-state index >= 15 is 0 Å². The molecule has 2 rings (SSSR count). The molecule has 0 radical (unpaired) electrons. The average molecular weight is 246 g/mol. The number of hydrogen-bond acceptors (Lipinski definition) is 2. The second-order valence-corrected chi connectivity index (χ2v) is 6.52. The van der Waals surface area contributed by atoms with Gasteiger partial charge in [-0.2, -0.15) is 0 Å². The van der Waals surface area contributed by atoms with Gasteiger partial charge in [-0.1, -0.05) is 13.0 Å². The smallest absolute Gasteiger partial charge is 0.0369 e. The van der Waals surface area contributed by atoms with Crippen molar-refractivity contribution in [3.05, 3.63) is 29.3 Å². The van der Waals surface area contributed by atoms with E-state index in [1.807, 2.05) is 0 Å². The van der Waals surface area contributed by atoms with Crippen LogP contribution in [0.5, 0.6) is 0 Å². The number of nitrogens with one attached hydrogen (secondary N) is 1. The van der Waals surface area contributed by atoms with E-state index in [0.717, 1.165) is 19.6 Å². The Labute approximate surface area is 111 Å². The van der Waals surface area contributed by atoms with Crippen LogP contribution in [-0.2, 0) is 0 Å². The molecule has 2 nitrogen and oxygen atoms in total. The number of benzene rings is 1. The van der Waals surface area contributed by atoms with Crippen molar-refractivity contribution in [2.45, 2.75) is 40.2 Å². The summed E-state index contributed by atoms with van der Waals surface area (Å²) in [6.07, 6.45) is 0. The highest BCUT2D eigenvalue weighted by Crippen LogP contribution is 2.23. The largest absolute Gasteiger partial charge is 0.369 e. The Morgan fingerprint density at radius 1 is 1.22 bits per heavy atom. The highest BCUT2D eigenvalue weighted by molar-refractivity contribution is 5.51. The summed E-state index contributed by atoms with van der Waals surface area (Å²) < 4.78 is 0. The standard InChI is InChI=1S/C16H26N2/c1-12-9-17-16(4,5)11-18(10-12)15-7-6-13(2)14(3)8-15/h6-8,12,17H,9-11H2,1-5H3. The molecule has 1 aromatic carbocycles. The SMILES string of the molecule is Cc1ccc(N2CC(C)CNC(C)(C)C2)cc1C. The van der Waals surface area contributed by atoms with Gasteiger partial charge in [0.05, 0.1) is 0 Å². The van der Waals surface area contributed by atoms with E-state index < -0.39 is 0 Å². The first kappa shape index (κ1) is 13.4. The minimum Gasteiger partial charge on any atom is -0.369 e. The van der Waals surface area contributed by atoms with Crippen molar-refractivity contribution in [3.63, 3.8) is 0 Å². The van der Waals surface area contributed by atoms with Crippen molar-refractivity contribution in [2.24, 2.45) is 5.92 Å². The quantitative estimate of drug-likeness (QED) is 0.819. The highest BCUT2D eigenvalue weighted by Gasteiger charge is 2.27. The average Bonchev–Trinajstić information content (AvgIpc) is 2.42. The van der Waals surface area contributed by atoms with Gasteiger partial charge in [0, 0.05) is 24.3 Å². The Balaban J connectivity index is 2.26. The number of anilines is 1. The molecule has 1 unspecified atom stereocenters. The van der Waals surface area contributed by atoms with Gasteiger partial charge in [-0.25, -0.2) is 0 Å². The van der Waals surface area contributed by atoms with Crippen LogP contribution in [0.4, 0.5) is 5.69 Å². The fraction of sp³-hybridized carbons (Fsp3) is 0.625. The minimum absolute atomic E-state index is 0.184. The maximum atomic E-state index is 3.65. The van der Waals surface area contributed by atoms with Crippen molar-refractivity contribution < 1.29 is 0 Å². The molecule has 2 heteroatoms. The molecular weight excluding hydrogens is 220 g/mol. The Hall–Kier alpha value is -1.02. The van der Waals surface area contributed by atoms with E-state index in [1.54, 1.807) is 0 Å². The lowest BCUT2D eigenvalue weighted by molar-refractivity contribution is 0.402. The molecule has 1 heterocycles. The molecule has 1 N–H and O–H groups in total. The van der Waals surface area contributed by atoms with Gasteiger partial charge in [-0.05, 0) is 63.4 Å². The zero-order chi connectivity index (χ0) is 13.3. The Kier molecular flexibility index (Phi) is 3.67. The van der Waals surface area contributed by atoms with Crippen molar-refractivity contribution in [3.8, 4) is 0 Å². The van der Waals surface area contributed by atoms with Crippen molar-refractivity contribution in [1.82, 2.24) is 5.32 Å². The van der Waals surface area contributed by atoms with Crippen LogP contribution in [0.3, 0.4) is 0 Å². The van der Waals surface area contributed by atoms with Crippen LogP contribution in [0.15, 0.2) is 18.2 Å². The zero-order valence-electron chi connectivity index (χ0n) is 12.4. The third-order valence-corrected chi connectivity index (χ3v) is 3.90. The lowest BCUT2D eigenvalue weighted by Gasteiger charge is -2.32. The van der Waals surface area contributed by atoms with Gasteiger partial charge < -0.3 is 10.2 Å². The molecule has 0 aliphatic carbocycles. The maximum absolute atomic E-state index is 3.65. The van der Waals surface area contributed by atoms with Gasteiger partial charge in [0.25, 0.3) is 0 Å². The van der Waals surface area contributed by atoms with Crippen LogP contribution in [0.2, 0.25) is 0 Å². The minimum atomic E-state index is 0.184. The molecule has 1 fully saturated rings. The molecular formula is C16H26N2. The summed E-state index contributed by atoms with van der Waals surface area (Å²) in [7, 11) is 0. The van der Waals surface area contributed by atoms with Crippen molar-refractivity contribution >= 4 is 5.69 Å². The van der Waals surface area contributed by atoms with Crippen molar-refractivity contribution in [2.75, 3.05) is 24.5 Å². The van der Waals surface area contributed by atoms with E-state index in [4.69, 9.17) is 0 Å². The van der Waals surface area contributed by atoms with Crippen LogP contribution >= 0.6 is 0 Å². The molecule has 18 heavy (non-hydrogen) atoms. The number of rotatable bonds is 1. The van der Waals surface area contributed by atoms with E-state index in [1.165, 1.54) is 16.8 Å². The lowest BCUT2D eigenvalue weighted by Crippen LogP contribution is -2.46. The number of nitrogens with zero attached hydrogens (tertiary/aromatic N) is 1. The van der Waals surface area contributed by atoms with Crippen LogP contribution in [0.1, 0.15) is 31.9 Å². The van der Waals surface area contributed by atoms with E-state index in [-0.39, 0.29) is 5.54 Å². The summed E-state index contributed by atoms with van der Waals surface area (Å²) in [6.45, 7) is 14.6. The molecule has 100 valence electrons.